The van der Waals surface area contributed by atoms with E-state index < -0.39 is 6.10 Å². The molecule has 0 amide bonds. The van der Waals surface area contributed by atoms with Crippen LogP contribution in [0.5, 0.6) is 5.75 Å². The Balaban J connectivity index is 2.13. The Bertz CT molecular complexity index is 554. The number of rotatable bonds is 5. The molecule has 0 aliphatic heterocycles. The van der Waals surface area contributed by atoms with E-state index in [0.29, 0.717) is 0 Å². The fourth-order valence-electron chi connectivity index (χ4n) is 2.27. The molecule has 2 rings (SSSR count). The van der Waals surface area contributed by atoms with Gasteiger partial charge in [0.25, 0.3) is 0 Å². The Morgan fingerprint density at radius 3 is 2.50 bits per heavy atom. The zero-order valence-corrected chi connectivity index (χ0v) is 13.3. The Kier molecular flexibility index (Phi) is 5.21. The third-order valence-electron chi connectivity index (χ3n) is 3.47. The van der Waals surface area contributed by atoms with Crippen molar-refractivity contribution in [2.24, 2.45) is 5.92 Å². The first kappa shape index (κ1) is 15.1. The van der Waals surface area contributed by atoms with Gasteiger partial charge in [0.2, 0.25) is 0 Å². The van der Waals surface area contributed by atoms with Gasteiger partial charge in [0.15, 0.2) is 0 Å². The van der Waals surface area contributed by atoms with Crippen LogP contribution < -0.4 is 4.74 Å². The lowest BCUT2D eigenvalue weighted by Gasteiger charge is -2.20. The zero-order chi connectivity index (χ0) is 14.5. The molecule has 0 saturated carbocycles. The van der Waals surface area contributed by atoms with Gasteiger partial charge in [0.05, 0.1) is 13.2 Å². The molecule has 2 atom stereocenters. The quantitative estimate of drug-likeness (QED) is 0.879. The van der Waals surface area contributed by atoms with Crippen LogP contribution in [0.25, 0.3) is 0 Å². The summed E-state index contributed by atoms with van der Waals surface area (Å²) in [6.07, 6.45) is 0.322. The van der Waals surface area contributed by atoms with Gasteiger partial charge < -0.3 is 9.84 Å². The van der Waals surface area contributed by atoms with E-state index in [2.05, 4.69) is 22.9 Å². The molecule has 0 radical (unpaired) electrons. The largest absolute Gasteiger partial charge is 0.497 e. The molecule has 0 aromatic heterocycles. The third kappa shape index (κ3) is 3.62. The Labute approximate surface area is 128 Å². The highest BCUT2D eigenvalue weighted by molar-refractivity contribution is 9.10. The van der Waals surface area contributed by atoms with Crippen molar-refractivity contribution in [1.29, 1.82) is 0 Å². The lowest BCUT2D eigenvalue weighted by molar-refractivity contribution is 0.117. The van der Waals surface area contributed by atoms with E-state index in [9.17, 15) is 5.11 Å². The van der Waals surface area contributed by atoms with E-state index in [4.69, 9.17) is 4.74 Å². The summed E-state index contributed by atoms with van der Waals surface area (Å²) in [5.74, 6) is 0.963. The smallest absolute Gasteiger partial charge is 0.119 e. The van der Waals surface area contributed by atoms with E-state index in [1.165, 1.54) is 0 Å². The van der Waals surface area contributed by atoms with E-state index in [-0.39, 0.29) is 5.92 Å². The van der Waals surface area contributed by atoms with Crippen LogP contribution in [0.4, 0.5) is 0 Å². The van der Waals surface area contributed by atoms with Crippen molar-refractivity contribution < 1.29 is 9.84 Å². The topological polar surface area (TPSA) is 29.5 Å². The molecule has 0 heterocycles. The van der Waals surface area contributed by atoms with Crippen LogP contribution >= 0.6 is 15.9 Å². The molecule has 2 nitrogen and oxygen atoms in total. The summed E-state index contributed by atoms with van der Waals surface area (Å²) in [6, 6.07) is 15.7. The number of hydrogen-bond acceptors (Lipinski definition) is 2. The van der Waals surface area contributed by atoms with E-state index in [0.717, 1.165) is 27.8 Å². The van der Waals surface area contributed by atoms with Gasteiger partial charge in [-0.2, -0.15) is 0 Å². The number of hydrogen-bond donors (Lipinski definition) is 1. The molecule has 0 bridgehead atoms. The van der Waals surface area contributed by atoms with Crippen LogP contribution in [0.1, 0.15) is 24.2 Å². The highest BCUT2D eigenvalue weighted by Crippen LogP contribution is 2.29. The molecule has 0 fully saturated rings. The maximum absolute atomic E-state index is 10.4. The van der Waals surface area contributed by atoms with Crippen molar-refractivity contribution in [2.75, 3.05) is 7.11 Å². The predicted molar refractivity (Wildman–Crippen MR) is 85.0 cm³/mol. The number of benzene rings is 2. The van der Waals surface area contributed by atoms with Crippen molar-refractivity contribution in [3.63, 3.8) is 0 Å². The van der Waals surface area contributed by atoms with Crippen LogP contribution in [0.2, 0.25) is 0 Å². The molecule has 3 heteroatoms. The van der Waals surface area contributed by atoms with E-state index in [1.54, 1.807) is 7.11 Å². The molecule has 0 aliphatic carbocycles. The maximum atomic E-state index is 10.4. The van der Waals surface area contributed by atoms with Crippen LogP contribution in [-0.4, -0.2) is 12.2 Å². The lowest BCUT2D eigenvalue weighted by Crippen LogP contribution is -2.12. The van der Waals surface area contributed by atoms with Gasteiger partial charge in [-0.3, -0.25) is 0 Å². The second kappa shape index (κ2) is 6.91. The fourth-order valence-corrected chi connectivity index (χ4v) is 2.68. The molecule has 2 unspecified atom stereocenters. The van der Waals surface area contributed by atoms with Crippen LogP contribution in [0.3, 0.4) is 0 Å². The normalized spacial score (nSPS) is 13.8. The summed E-state index contributed by atoms with van der Waals surface area (Å²) in [4.78, 5) is 0. The number of aliphatic hydroxyl groups excluding tert-OH is 1. The summed E-state index contributed by atoms with van der Waals surface area (Å²) in [6.45, 7) is 2.06. The van der Waals surface area contributed by atoms with Gasteiger partial charge in [-0.25, -0.2) is 0 Å². The minimum atomic E-state index is -0.464. The van der Waals surface area contributed by atoms with Crippen LogP contribution in [-0.2, 0) is 6.42 Å². The van der Waals surface area contributed by atoms with E-state index >= 15 is 0 Å². The average molecular weight is 335 g/mol. The molecule has 1 N–H and O–H groups in total. The van der Waals surface area contributed by atoms with Crippen LogP contribution in [0.15, 0.2) is 53.0 Å². The monoisotopic (exact) mass is 334 g/mol. The number of methoxy groups -OCH3 is 1. The summed E-state index contributed by atoms with van der Waals surface area (Å²) < 4.78 is 6.30. The molecule has 2 aromatic rings. The predicted octanol–water partition coefficient (Wildman–Crippen LogP) is 4.37. The molecule has 0 spiro atoms. The Morgan fingerprint density at radius 2 is 1.85 bits per heavy atom. The minimum absolute atomic E-state index is 0.126. The first-order valence-corrected chi connectivity index (χ1v) is 7.46. The van der Waals surface area contributed by atoms with Crippen molar-refractivity contribution in [2.45, 2.75) is 19.4 Å². The van der Waals surface area contributed by atoms with Gasteiger partial charge in [-0.15, -0.1) is 0 Å². The van der Waals surface area contributed by atoms with Gasteiger partial charge in [-0.1, -0.05) is 53.2 Å². The number of halogens is 1. The highest BCUT2D eigenvalue weighted by atomic mass is 79.9. The van der Waals surface area contributed by atoms with Gasteiger partial charge in [0.1, 0.15) is 5.75 Å². The van der Waals surface area contributed by atoms with Gasteiger partial charge >= 0.3 is 0 Å². The zero-order valence-electron chi connectivity index (χ0n) is 11.7. The van der Waals surface area contributed by atoms with Gasteiger partial charge in [-0.05, 0) is 41.7 Å². The number of aliphatic hydroxyl groups is 1. The standard InChI is InChI=1S/C17H19BrO2/c1-12(17(19)13-6-4-3-5-7-13)10-14-11-15(20-2)8-9-16(14)18/h3-9,11-12,17,19H,10H2,1-2H3. The summed E-state index contributed by atoms with van der Waals surface area (Å²) >= 11 is 3.56. The maximum Gasteiger partial charge on any atom is 0.119 e. The highest BCUT2D eigenvalue weighted by Gasteiger charge is 2.18. The first-order chi connectivity index (χ1) is 9.61. The molecule has 0 aliphatic rings. The molecular weight excluding hydrogens is 316 g/mol. The summed E-state index contributed by atoms with van der Waals surface area (Å²) in [5, 5.41) is 10.4. The average Bonchev–Trinajstić information content (AvgIpc) is 2.49. The van der Waals surface area contributed by atoms with Crippen molar-refractivity contribution in [3.8, 4) is 5.75 Å². The summed E-state index contributed by atoms with van der Waals surface area (Å²) in [5.41, 5.74) is 2.10. The van der Waals surface area contributed by atoms with E-state index in [1.807, 2.05) is 48.5 Å². The SMILES string of the molecule is COc1ccc(Br)c(CC(C)C(O)c2ccccc2)c1. The minimum Gasteiger partial charge on any atom is -0.497 e. The lowest BCUT2D eigenvalue weighted by atomic mass is 9.91. The van der Waals surface area contributed by atoms with Crippen molar-refractivity contribution in [3.05, 3.63) is 64.1 Å². The van der Waals surface area contributed by atoms with Gasteiger partial charge in [0, 0.05) is 4.47 Å². The first-order valence-electron chi connectivity index (χ1n) is 6.67. The molecule has 2 aromatic carbocycles. The molecular formula is C17H19BrO2. The molecule has 0 saturated heterocycles. The Hall–Kier alpha value is -1.32. The second-order valence-corrected chi connectivity index (χ2v) is 5.85. The summed E-state index contributed by atoms with van der Waals surface area (Å²) in [7, 11) is 1.66. The molecule has 106 valence electrons. The third-order valence-corrected chi connectivity index (χ3v) is 4.25. The molecule has 20 heavy (non-hydrogen) atoms. The number of ether oxygens (including phenoxy) is 1. The van der Waals surface area contributed by atoms with Crippen LogP contribution in [0, 0.1) is 5.92 Å². The second-order valence-electron chi connectivity index (χ2n) is 4.99. The Morgan fingerprint density at radius 1 is 1.15 bits per heavy atom. The van der Waals surface area contributed by atoms with Crippen molar-refractivity contribution >= 4 is 15.9 Å². The van der Waals surface area contributed by atoms with Crippen molar-refractivity contribution in [1.82, 2.24) is 0 Å². The fraction of sp³-hybridized carbons (Fsp3) is 0.294.